The molecule has 0 bridgehead atoms. The number of nitrogens with zero attached hydrogens (tertiary/aromatic N) is 3. The van der Waals surface area contributed by atoms with Crippen molar-refractivity contribution < 1.29 is 17.1 Å². The van der Waals surface area contributed by atoms with Crippen LogP contribution in [0.5, 0.6) is 0 Å². The molecule has 0 radical (unpaired) electrons. The molecule has 1 unspecified atom stereocenters. The van der Waals surface area contributed by atoms with E-state index in [1.807, 2.05) is 0 Å². The van der Waals surface area contributed by atoms with Crippen LogP contribution in [0.15, 0.2) is 6.07 Å². The Morgan fingerprint density at radius 3 is 2.79 bits per heavy atom. The molecule has 0 saturated carbocycles. The lowest BCUT2D eigenvalue weighted by Crippen LogP contribution is -2.26. The van der Waals surface area contributed by atoms with E-state index in [9.17, 15) is 17.1 Å². The second-order valence-corrected chi connectivity index (χ2v) is 5.99. The highest BCUT2D eigenvalue weighted by atomic mass is 35.5. The fraction of sp³-hybridized carbons (Fsp3) is 0.444. The molecule has 19 heavy (non-hydrogen) atoms. The van der Waals surface area contributed by atoms with Gasteiger partial charge in [0.1, 0.15) is 11.0 Å². The summed E-state index contributed by atoms with van der Waals surface area (Å²) in [6, 6.07) is 1.34. The van der Waals surface area contributed by atoms with E-state index in [1.54, 1.807) is 0 Å². The van der Waals surface area contributed by atoms with Gasteiger partial charge >= 0.3 is 10.2 Å². The highest BCUT2D eigenvalue weighted by molar-refractivity contribution is 7.86. The molecule has 1 amide bonds. The van der Waals surface area contributed by atoms with Crippen molar-refractivity contribution in [1.82, 2.24) is 9.97 Å². The minimum atomic E-state index is -4.62. The van der Waals surface area contributed by atoms with E-state index >= 15 is 0 Å². The van der Waals surface area contributed by atoms with E-state index in [0.717, 1.165) is 0 Å². The lowest BCUT2D eigenvalue weighted by molar-refractivity contribution is -0.117. The number of hydrogen-bond donors (Lipinski definition) is 1. The average molecular weight is 309 g/mol. The molecule has 10 heteroatoms. The maximum absolute atomic E-state index is 12.6. The fourth-order valence-corrected chi connectivity index (χ4v) is 2.93. The number of hydrogen-bond acceptors (Lipinski definition) is 6. The van der Waals surface area contributed by atoms with Gasteiger partial charge in [0.05, 0.1) is 5.75 Å². The first-order chi connectivity index (χ1) is 8.74. The highest BCUT2D eigenvalue weighted by Gasteiger charge is 2.34. The SMILES string of the molecule is Nc1nc(Cl)cc(N2CC(CS(=O)(=O)F)CC2=O)n1. The summed E-state index contributed by atoms with van der Waals surface area (Å²) in [5.74, 6) is -1.58. The van der Waals surface area contributed by atoms with E-state index in [2.05, 4.69) is 9.97 Å². The van der Waals surface area contributed by atoms with Crippen LogP contribution in [0.4, 0.5) is 15.7 Å². The van der Waals surface area contributed by atoms with E-state index in [1.165, 1.54) is 11.0 Å². The molecule has 1 aromatic heterocycles. The molecule has 1 fully saturated rings. The summed E-state index contributed by atoms with van der Waals surface area (Å²) < 4.78 is 33.8. The zero-order valence-corrected chi connectivity index (χ0v) is 11.2. The summed E-state index contributed by atoms with van der Waals surface area (Å²) >= 11 is 5.69. The van der Waals surface area contributed by atoms with Gasteiger partial charge in [-0.3, -0.25) is 9.69 Å². The van der Waals surface area contributed by atoms with Gasteiger partial charge in [0.2, 0.25) is 11.9 Å². The van der Waals surface area contributed by atoms with Crippen molar-refractivity contribution >= 4 is 39.5 Å². The van der Waals surface area contributed by atoms with Crippen LogP contribution < -0.4 is 10.6 Å². The molecule has 0 aromatic carbocycles. The highest BCUT2D eigenvalue weighted by Crippen LogP contribution is 2.26. The summed E-state index contributed by atoms with van der Waals surface area (Å²) in [6.45, 7) is 0.0504. The molecule has 104 valence electrons. The van der Waals surface area contributed by atoms with Crippen LogP contribution in [0.3, 0.4) is 0 Å². The van der Waals surface area contributed by atoms with Gasteiger partial charge in [-0.2, -0.15) is 13.4 Å². The second-order valence-electron chi connectivity index (χ2n) is 4.19. The van der Waals surface area contributed by atoms with E-state index < -0.39 is 21.9 Å². The van der Waals surface area contributed by atoms with Gasteiger partial charge < -0.3 is 5.73 Å². The molecule has 2 heterocycles. The Morgan fingerprint density at radius 2 is 2.21 bits per heavy atom. The monoisotopic (exact) mass is 308 g/mol. The van der Waals surface area contributed by atoms with Crippen molar-refractivity contribution in [2.75, 3.05) is 22.9 Å². The number of nitrogen functional groups attached to an aromatic ring is 1. The first-order valence-electron chi connectivity index (χ1n) is 5.27. The quantitative estimate of drug-likeness (QED) is 0.638. The summed E-state index contributed by atoms with van der Waals surface area (Å²) in [6.07, 6.45) is -0.0648. The maximum atomic E-state index is 12.6. The number of nitrogens with two attached hydrogens (primary N) is 1. The lowest BCUT2D eigenvalue weighted by Gasteiger charge is -2.15. The largest absolute Gasteiger partial charge is 0.368 e. The molecule has 2 rings (SSSR count). The summed E-state index contributed by atoms with van der Waals surface area (Å²) in [5.41, 5.74) is 5.41. The number of carbonyl (C=O) groups excluding carboxylic acids is 1. The molecule has 1 aromatic rings. The zero-order valence-electron chi connectivity index (χ0n) is 9.58. The molecule has 2 N–H and O–H groups in total. The van der Waals surface area contributed by atoms with Crippen molar-refractivity contribution in [2.45, 2.75) is 6.42 Å². The van der Waals surface area contributed by atoms with Crippen molar-refractivity contribution in [3.63, 3.8) is 0 Å². The van der Waals surface area contributed by atoms with Gasteiger partial charge in [0.15, 0.2) is 0 Å². The Labute approximate surface area is 113 Å². The molecule has 0 aliphatic carbocycles. The predicted molar refractivity (Wildman–Crippen MR) is 66.8 cm³/mol. The van der Waals surface area contributed by atoms with Gasteiger partial charge in [0, 0.05) is 24.9 Å². The van der Waals surface area contributed by atoms with Crippen LogP contribution in [-0.4, -0.2) is 36.6 Å². The van der Waals surface area contributed by atoms with Crippen LogP contribution in [0.25, 0.3) is 0 Å². The van der Waals surface area contributed by atoms with Gasteiger partial charge in [-0.15, -0.1) is 3.89 Å². The molecular formula is C9H10ClFN4O3S. The summed E-state index contributed by atoms with van der Waals surface area (Å²) in [5, 5.41) is 0.0665. The standard InChI is InChI=1S/C9H10ClFN4O3S/c10-6-2-7(14-9(12)13-6)15-3-5(1-8(15)16)4-19(11,17)18/h2,5H,1,3-4H2,(H2,12,13,14). The van der Waals surface area contributed by atoms with E-state index in [0.29, 0.717) is 0 Å². The molecule has 1 atom stereocenters. The Hall–Kier alpha value is -1.48. The van der Waals surface area contributed by atoms with E-state index in [-0.39, 0.29) is 35.8 Å². The van der Waals surface area contributed by atoms with Gasteiger partial charge in [-0.05, 0) is 0 Å². The smallest absolute Gasteiger partial charge is 0.302 e. The van der Waals surface area contributed by atoms with Crippen LogP contribution in [0.2, 0.25) is 5.15 Å². The lowest BCUT2D eigenvalue weighted by atomic mass is 10.1. The molecule has 7 nitrogen and oxygen atoms in total. The van der Waals surface area contributed by atoms with E-state index in [4.69, 9.17) is 17.3 Å². The number of amides is 1. The van der Waals surface area contributed by atoms with Gasteiger partial charge in [-0.1, -0.05) is 11.6 Å². The summed E-state index contributed by atoms with van der Waals surface area (Å²) in [4.78, 5) is 20.5. The van der Waals surface area contributed by atoms with Crippen molar-refractivity contribution in [3.05, 3.63) is 11.2 Å². The normalized spacial score (nSPS) is 20.0. The Kier molecular flexibility index (Phi) is 3.59. The van der Waals surface area contributed by atoms with Gasteiger partial charge in [0.25, 0.3) is 0 Å². The van der Waals surface area contributed by atoms with Crippen LogP contribution >= 0.6 is 11.6 Å². The number of halogens is 2. The fourth-order valence-electron chi connectivity index (χ4n) is 1.96. The third-order valence-electron chi connectivity index (χ3n) is 2.62. The van der Waals surface area contributed by atoms with Crippen molar-refractivity contribution in [3.8, 4) is 0 Å². The van der Waals surface area contributed by atoms with Crippen LogP contribution in [0.1, 0.15) is 6.42 Å². The Balaban J connectivity index is 2.20. The molecule has 1 aliphatic rings. The maximum Gasteiger partial charge on any atom is 0.302 e. The molecule has 1 saturated heterocycles. The number of rotatable bonds is 3. The topological polar surface area (TPSA) is 106 Å². The number of aromatic nitrogens is 2. The molecule has 1 aliphatic heterocycles. The first-order valence-corrected chi connectivity index (χ1v) is 7.20. The number of carbonyl (C=O) groups is 1. The average Bonchev–Trinajstić information content (AvgIpc) is 2.54. The second kappa shape index (κ2) is 4.89. The van der Waals surface area contributed by atoms with Crippen LogP contribution in [-0.2, 0) is 15.0 Å². The number of anilines is 2. The Morgan fingerprint density at radius 1 is 1.53 bits per heavy atom. The Bertz CT molecular complexity index is 604. The zero-order chi connectivity index (χ0) is 14.2. The predicted octanol–water partition coefficient (Wildman–Crippen LogP) is 0.364. The minimum Gasteiger partial charge on any atom is -0.368 e. The summed E-state index contributed by atoms with van der Waals surface area (Å²) in [7, 11) is -4.62. The third kappa shape index (κ3) is 3.51. The van der Waals surface area contributed by atoms with Gasteiger partial charge in [-0.25, -0.2) is 4.98 Å². The minimum absolute atomic E-state index is 0.0504. The van der Waals surface area contributed by atoms with Crippen molar-refractivity contribution in [1.29, 1.82) is 0 Å². The molecular weight excluding hydrogens is 299 g/mol. The van der Waals surface area contributed by atoms with Crippen molar-refractivity contribution in [2.24, 2.45) is 5.92 Å². The first kappa shape index (κ1) is 13.9. The van der Waals surface area contributed by atoms with Crippen LogP contribution in [0, 0.1) is 5.92 Å². The third-order valence-corrected chi connectivity index (χ3v) is 3.68. The molecule has 0 spiro atoms.